The molecule has 0 bridgehead atoms. The summed E-state index contributed by atoms with van der Waals surface area (Å²) in [6.45, 7) is 1.66. The fraction of sp³-hybridized carbons (Fsp3) is 0.438. The van der Waals surface area contributed by atoms with E-state index in [2.05, 4.69) is 20.6 Å². The quantitative estimate of drug-likeness (QED) is 0.804. The zero-order chi connectivity index (χ0) is 15.8. The number of rotatable bonds is 3. The first-order valence-corrected chi connectivity index (χ1v) is 7.84. The Labute approximate surface area is 132 Å². The number of fused-ring (bicyclic) bond motifs is 1. The zero-order valence-corrected chi connectivity index (χ0v) is 12.9. The molecule has 6 nitrogen and oxygen atoms in total. The summed E-state index contributed by atoms with van der Waals surface area (Å²) in [6, 6.07) is 7.73. The third-order valence-corrected chi connectivity index (χ3v) is 4.43. The Hall–Kier alpha value is -2.28. The fourth-order valence-electron chi connectivity index (χ4n) is 3.19. The number of nitrogens with zero attached hydrogens (tertiary/aromatic N) is 4. The van der Waals surface area contributed by atoms with Crippen molar-refractivity contribution in [3.8, 4) is 11.5 Å². The largest absolute Gasteiger partial charge is 0.336 e. The van der Waals surface area contributed by atoms with Gasteiger partial charge in [0.15, 0.2) is 6.17 Å². The second-order valence-electron chi connectivity index (χ2n) is 5.93. The van der Waals surface area contributed by atoms with Gasteiger partial charge in [0.1, 0.15) is 5.69 Å². The number of piperidine rings is 1. The number of hydrogen-bond acceptors (Lipinski definition) is 5. The molecule has 1 aliphatic rings. The number of hydrogen-bond donors (Lipinski definition) is 1. The Morgan fingerprint density at radius 3 is 2.91 bits per heavy atom. The topological polar surface area (TPSA) is 68.8 Å². The average molecular weight is 315 g/mol. The second-order valence-corrected chi connectivity index (χ2v) is 5.93. The molecule has 7 heteroatoms. The average Bonchev–Trinajstić information content (AvgIpc) is 3.18. The van der Waals surface area contributed by atoms with Crippen LogP contribution in [0.15, 0.2) is 28.8 Å². The normalized spacial score (nSPS) is 17.7. The minimum Gasteiger partial charge on any atom is -0.336 e. The molecule has 0 saturated carbocycles. The van der Waals surface area contributed by atoms with E-state index in [0.29, 0.717) is 5.82 Å². The zero-order valence-electron chi connectivity index (χ0n) is 12.9. The van der Waals surface area contributed by atoms with Gasteiger partial charge in [0.2, 0.25) is 5.82 Å². The SMILES string of the molecule is Cn1nc2ccccc2c1-c1noc(C(F)C2CCNCC2)n1. The minimum atomic E-state index is -1.21. The van der Waals surface area contributed by atoms with Crippen LogP contribution in [0.4, 0.5) is 4.39 Å². The van der Waals surface area contributed by atoms with Crippen LogP contribution in [0, 0.1) is 5.92 Å². The molecule has 3 aromatic rings. The smallest absolute Gasteiger partial charge is 0.261 e. The van der Waals surface area contributed by atoms with E-state index in [-0.39, 0.29) is 11.8 Å². The molecular weight excluding hydrogens is 297 g/mol. The molecule has 23 heavy (non-hydrogen) atoms. The summed E-state index contributed by atoms with van der Waals surface area (Å²) in [5.41, 5.74) is 1.60. The van der Waals surface area contributed by atoms with Crippen molar-refractivity contribution in [2.75, 3.05) is 13.1 Å². The minimum absolute atomic E-state index is 0.0622. The highest BCUT2D eigenvalue weighted by molar-refractivity contribution is 5.91. The summed E-state index contributed by atoms with van der Waals surface area (Å²) in [5.74, 6) is 0.387. The van der Waals surface area contributed by atoms with E-state index in [4.69, 9.17) is 4.52 Å². The summed E-state index contributed by atoms with van der Waals surface area (Å²) in [7, 11) is 1.82. The maximum Gasteiger partial charge on any atom is 0.261 e. The number of nitrogens with one attached hydrogen (secondary N) is 1. The Kier molecular flexibility index (Phi) is 3.57. The molecule has 0 aliphatic carbocycles. The summed E-state index contributed by atoms with van der Waals surface area (Å²) >= 11 is 0. The Morgan fingerprint density at radius 2 is 2.09 bits per heavy atom. The predicted molar refractivity (Wildman–Crippen MR) is 83.4 cm³/mol. The maximum atomic E-state index is 14.6. The van der Waals surface area contributed by atoms with E-state index >= 15 is 0 Å². The first-order chi connectivity index (χ1) is 11.2. The Bertz CT molecular complexity index is 821. The molecule has 120 valence electrons. The number of benzene rings is 1. The highest BCUT2D eigenvalue weighted by Gasteiger charge is 2.30. The number of aromatic nitrogens is 4. The summed E-state index contributed by atoms with van der Waals surface area (Å²) in [6.07, 6.45) is 0.360. The Morgan fingerprint density at radius 1 is 1.30 bits per heavy atom. The number of alkyl halides is 1. The molecule has 0 amide bonds. The van der Waals surface area contributed by atoms with E-state index in [1.54, 1.807) is 4.68 Å². The number of aryl methyl sites for hydroxylation is 1. The van der Waals surface area contributed by atoms with E-state index in [1.165, 1.54) is 0 Å². The molecule has 1 N–H and O–H groups in total. The second kappa shape index (κ2) is 5.73. The maximum absolute atomic E-state index is 14.6. The van der Waals surface area contributed by atoms with Crippen LogP contribution < -0.4 is 5.32 Å². The van der Waals surface area contributed by atoms with E-state index in [9.17, 15) is 4.39 Å². The first-order valence-electron chi connectivity index (χ1n) is 7.84. The first kappa shape index (κ1) is 14.3. The van der Waals surface area contributed by atoms with Crippen LogP contribution in [0.1, 0.15) is 24.9 Å². The fourth-order valence-corrected chi connectivity index (χ4v) is 3.19. The van der Waals surface area contributed by atoms with Gasteiger partial charge in [-0.3, -0.25) is 4.68 Å². The van der Waals surface area contributed by atoms with Crippen molar-refractivity contribution in [2.24, 2.45) is 13.0 Å². The molecule has 0 spiro atoms. The van der Waals surface area contributed by atoms with Crippen LogP contribution >= 0.6 is 0 Å². The van der Waals surface area contributed by atoms with Gasteiger partial charge in [-0.05, 0) is 32.0 Å². The molecule has 1 aliphatic heterocycles. The molecule has 1 unspecified atom stereocenters. The van der Waals surface area contributed by atoms with Gasteiger partial charge in [-0.1, -0.05) is 23.4 Å². The van der Waals surface area contributed by atoms with E-state index in [1.807, 2.05) is 31.3 Å². The molecule has 1 aromatic carbocycles. The van der Waals surface area contributed by atoms with Crippen LogP contribution in [-0.2, 0) is 7.05 Å². The molecule has 2 aromatic heterocycles. The lowest BCUT2D eigenvalue weighted by atomic mass is 9.93. The van der Waals surface area contributed by atoms with Crippen LogP contribution in [0.2, 0.25) is 0 Å². The van der Waals surface area contributed by atoms with Gasteiger partial charge in [-0.25, -0.2) is 4.39 Å². The van der Waals surface area contributed by atoms with Crippen LogP contribution in [0.25, 0.3) is 22.4 Å². The van der Waals surface area contributed by atoms with Gasteiger partial charge in [-0.2, -0.15) is 10.1 Å². The lowest BCUT2D eigenvalue weighted by Crippen LogP contribution is -2.29. The summed E-state index contributed by atoms with van der Waals surface area (Å²) in [4.78, 5) is 4.30. The van der Waals surface area contributed by atoms with Crippen molar-refractivity contribution >= 4 is 10.9 Å². The van der Waals surface area contributed by atoms with Crippen molar-refractivity contribution in [1.29, 1.82) is 0 Å². The van der Waals surface area contributed by atoms with Crippen molar-refractivity contribution in [2.45, 2.75) is 19.0 Å². The lowest BCUT2D eigenvalue weighted by Gasteiger charge is -2.23. The third kappa shape index (κ3) is 2.50. The van der Waals surface area contributed by atoms with Gasteiger partial charge >= 0.3 is 0 Å². The molecule has 4 rings (SSSR count). The van der Waals surface area contributed by atoms with Gasteiger partial charge < -0.3 is 9.84 Å². The molecule has 1 saturated heterocycles. The summed E-state index contributed by atoms with van der Waals surface area (Å²) < 4.78 is 21.6. The highest BCUT2D eigenvalue weighted by atomic mass is 19.1. The van der Waals surface area contributed by atoms with Crippen LogP contribution in [0.5, 0.6) is 0 Å². The predicted octanol–water partition coefficient (Wildman–Crippen LogP) is 2.63. The van der Waals surface area contributed by atoms with Gasteiger partial charge in [0, 0.05) is 18.4 Å². The molecular formula is C16H18FN5O. The van der Waals surface area contributed by atoms with Crippen LogP contribution in [0.3, 0.4) is 0 Å². The summed E-state index contributed by atoms with van der Waals surface area (Å²) in [5, 5.41) is 12.6. The van der Waals surface area contributed by atoms with Crippen LogP contribution in [-0.4, -0.2) is 33.0 Å². The molecule has 0 radical (unpaired) electrons. The highest BCUT2D eigenvalue weighted by Crippen LogP contribution is 2.33. The molecule has 1 atom stereocenters. The number of halogens is 1. The van der Waals surface area contributed by atoms with Crippen molar-refractivity contribution in [3.63, 3.8) is 0 Å². The lowest BCUT2D eigenvalue weighted by molar-refractivity contribution is 0.147. The van der Waals surface area contributed by atoms with Gasteiger partial charge in [0.25, 0.3) is 5.89 Å². The molecule has 1 fully saturated rings. The standard InChI is InChI=1S/C16H18FN5O/c1-22-14(11-4-2-3-5-12(11)20-22)15-19-16(23-21-15)13(17)10-6-8-18-9-7-10/h2-5,10,13,18H,6-9H2,1H3. The van der Waals surface area contributed by atoms with Gasteiger partial charge in [-0.15, -0.1) is 0 Å². The Balaban J connectivity index is 1.68. The monoisotopic (exact) mass is 315 g/mol. The van der Waals surface area contributed by atoms with E-state index in [0.717, 1.165) is 42.5 Å². The van der Waals surface area contributed by atoms with Crippen molar-refractivity contribution < 1.29 is 8.91 Å². The molecule has 3 heterocycles. The third-order valence-electron chi connectivity index (χ3n) is 4.43. The van der Waals surface area contributed by atoms with Crippen molar-refractivity contribution in [3.05, 3.63) is 30.2 Å². The van der Waals surface area contributed by atoms with E-state index < -0.39 is 6.17 Å². The van der Waals surface area contributed by atoms with Crippen molar-refractivity contribution in [1.82, 2.24) is 25.2 Å². The van der Waals surface area contributed by atoms with Gasteiger partial charge in [0.05, 0.1) is 5.52 Å².